The summed E-state index contributed by atoms with van der Waals surface area (Å²) in [6.07, 6.45) is 1.42. The Hall–Kier alpha value is -1.20. The van der Waals surface area contributed by atoms with Crippen molar-refractivity contribution in [3.8, 4) is 0 Å². The molecule has 3 N–H and O–H groups in total. The van der Waals surface area contributed by atoms with Crippen LogP contribution < -0.4 is 10.6 Å². The fourth-order valence-electron chi connectivity index (χ4n) is 2.78. The van der Waals surface area contributed by atoms with E-state index in [9.17, 15) is 9.50 Å². The van der Waals surface area contributed by atoms with Crippen LogP contribution in [0, 0.1) is 11.7 Å². The Morgan fingerprint density at radius 1 is 1.43 bits per heavy atom. The standard InChI is InChI=1S/C16H23FN2OS/c1-15(2,3)18-14(21)19-16(10-11(16)8-9-20)12-6-4-5-7-13(12)17/h4-7,11,20H,8-10H2,1-3H3,(H2,18,19,21)/t11-,16+/m1/s1. The zero-order chi connectivity index (χ0) is 15.7. The number of thiocarbonyl (C=S) groups is 1. The Kier molecular flexibility index (Phi) is 4.54. The molecule has 1 saturated carbocycles. The van der Waals surface area contributed by atoms with Gasteiger partial charge in [-0.15, -0.1) is 0 Å². The van der Waals surface area contributed by atoms with Crippen molar-refractivity contribution in [2.45, 2.75) is 44.7 Å². The van der Waals surface area contributed by atoms with Gasteiger partial charge >= 0.3 is 0 Å². The predicted molar refractivity (Wildman–Crippen MR) is 86.5 cm³/mol. The van der Waals surface area contributed by atoms with Gasteiger partial charge in [0, 0.05) is 17.7 Å². The first kappa shape index (κ1) is 16.2. The summed E-state index contributed by atoms with van der Waals surface area (Å²) in [5, 5.41) is 16.2. The molecule has 0 saturated heterocycles. The van der Waals surface area contributed by atoms with Crippen LogP contribution in [0.2, 0.25) is 0 Å². The fourth-order valence-corrected chi connectivity index (χ4v) is 3.27. The lowest BCUT2D eigenvalue weighted by atomic mass is 10.0. The first-order valence-corrected chi connectivity index (χ1v) is 7.65. The molecule has 1 aliphatic carbocycles. The quantitative estimate of drug-likeness (QED) is 0.748. The zero-order valence-corrected chi connectivity index (χ0v) is 13.6. The lowest BCUT2D eigenvalue weighted by Gasteiger charge is -2.28. The first-order valence-electron chi connectivity index (χ1n) is 7.25. The number of halogens is 1. The Labute approximate surface area is 130 Å². The van der Waals surface area contributed by atoms with Crippen LogP contribution in [-0.2, 0) is 5.54 Å². The van der Waals surface area contributed by atoms with Crippen LogP contribution in [0.15, 0.2) is 24.3 Å². The number of hydrogen-bond acceptors (Lipinski definition) is 2. The Balaban J connectivity index is 2.21. The molecule has 0 aliphatic heterocycles. The number of hydrogen-bond donors (Lipinski definition) is 3. The van der Waals surface area contributed by atoms with Gasteiger partial charge in [-0.25, -0.2) is 4.39 Å². The molecule has 3 nitrogen and oxygen atoms in total. The molecule has 1 aromatic rings. The molecule has 116 valence electrons. The van der Waals surface area contributed by atoms with Crippen LogP contribution in [0.25, 0.3) is 0 Å². The van der Waals surface area contributed by atoms with Crippen LogP contribution in [0.4, 0.5) is 4.39 Å². The molecule has 2 rings (SSSR count). The number of nitrogens with one attached hydrogen (secondary N) is 2. The van der Waals surface area contributed by atoms with Crippen molar-refractivity contribution >= 4 is 17.3 Å². The predicted octanol–water partition coefficient (Wildman–Crippen LogP) is 2.69. The van der Waals surface area contributed by atoms with Gasteiger partial charge < -0.3 is 15.7 Å². The van der Waals surface area contributed by atoms with Crippen LogP contribution in [0.5, 0.6) is 0 Å². The smallest absolute Gasteiger partial charge is 0.167 e. The Morgan fingerprint density at radius 3 is 2.67 bits per heavy atom. The van der Waals surface area contributed by atoms with Gasteiger partial charge in [0.15, 0.2) is 5.11 Å². The van der Waals surface area contributed by atoms with Gasteiger partial charge in [0.25, 0.3) is 0 Å². The number of benzene rings is 1. The van der Waals surface area contributed by atoms with Crippen molar-refractivity contribution in [3.05, 3.63) is 35.6 Å². The summed E-state index contributed by atoms with van der Waals surface area (Å²) in [7, 11) is 0. The zero-order valence-electron chi connectivity index (χ0n) is 12.7. The highest BCUT2D eigenvalue weighted by atomic mass is 32.1. The molecule has 0 amide bonds. The summed E-state index contributed by atoms with van der Waals surface area (Å²) in [5.74, 6) is -0.0388. The average molecular weight is 310 g/mol. The van der Waals surface area contributed by atoms with Crippen molar-refractivity contribution in [1.29, 1.82) is 0 Å². The van der Waals surface area contributed by atoms with E-state index in [1.54, 1.807) is 12.1 Å². The van der Waals surface area contributed by atoms with Crippen LogP contribution >= 0.6 is 12.2 Å². The molecule has 0 spiro atoms. The third kappa shape index (κ3) is 3.71. The highest BCUT2D eigenvalue weighted by Gasteiger charge is 2.56. The summed E-state index contributed by atoms with van der Waals surface area (Å²) in [6.45, 7) is 6.17. The number of aliphatic hydroxyl groups excluding tert-OH is 1. The first-order chi connectivity index (χ1) is 9.78. The maximum atomic E-state index is 14.2. The topological polar surface area (TPSA) is 44.3 Å². The maximum Gasteiger partial charge on any atom is 0.167 e. The summed E-state index contributed by atoms with van der Waals surface area (Å²) in [6, 6.07) is 6.77. The SMILES string of the molecule is CC(C)(C)NC(=S)N[C@@]1(c2ccccc2F)C[C@H]1CCO. The van der Waals surface area contributed by atoms with E-state index in [2.05, 4.69) is 10.6 Å². The van der Waals surface area contributed by atoms with Gasteiger partial charge in [0.1, 0.15) is 5.82 Å². The molecule has 1 aromatic carbocycles. The van der Waals surface area contributed by atoms with Gasteiger partial charge in [0.05, 0.1) is 5.54 Å². The van der Waals surface area contributed by atoms with E-state index in [0.29, 0.717) is 17.1 Å². The van der Waals surface area contributed by atoms with Crippen molar-refractivity contribution in [3.63, 3.8) is 0 Å². The van der Waals surface area contributed by atoms with Crippen LogP contribution in [0.1, 0.15) is 39.2 Å². The molecular formula is C16H23FN2OS. The lowest BCUT2D eigenvalue weighted by molar-refractivity contribution is 0.272. The van der Waals surface area contributed by atoms with E-state index in [0.717, 1.165) is 6.42 Å². The van der Waals surface area contributed by atoms with E-state index in [-0.39, 0.29) is 23.9 Å². The van der Waals surface area contributed by atoms with E-state index in [1.807, 2.05) is 26.8 Å². The van der Waals surface area contributed by atoms with E-state index < -0.39 is 5.54 Å². The Morgan fingerprint density at radius 2 is 2.10 bits per heavy atom. The van der Waals surface area contributed by atoms with Gasteiger partial charge in [-0.05, 0) is 57.8 Å². The second-order valence-electron chi connectivity index (χ2n) is 6.69. The molecule has 1 fully saturated rings. The third-order valence-electron chi connectivity index (χ3n) is 3.76. The van der Waals surface area contributed by atoms with Gasteiger partial charge in [-0.1, -0.05) is 18.2 Å². The molecule has 0 radical (unpaired) electrons. The lowest BCUT2D eigenvalue weighted by Crippen LogP contribution is -2.50. The van der Waals surface area contributed by atoms with E-state index in [1.165, 1.54) is 6.07 Å². The number of aliphatic hydroxyl groups is 1. The van der Waals surface area contributed by atoms with Crippen LogP contribution in [-0.4, -0.2) is 22.4 Å². The molecule has 21 heavy (non-hydrogen) atoms. The molecule has 0 unspecified atom stereocenters. The summed E-state index contributed by atoms with van der Waals surface area (Å²) in [4.78, 5) is 0. The minimum atomic E-state index is -0.497. The van der Waals surface area contributed by atoms with Crippen molar-refractivity contribution < 1.29 is 9.50 Å². The molecule has 0 bridgehead atoms. The maximum absolute atomic E-state index is 14.2. The normalized spacial score (nSPS) is 24.5. The minimum absolute atomic E-state index is 0.0992. The minimum Gasteiger partial charge on any atom is -0.396 e. The molecule has 1 aliphatic rings. The summed E-state index contributed by atoms with van der Waals surface area (Å²) < 4.78 is 14.2. The van der Waals surface area contributed by atoms with E-state index >= 15 is 0 Å². The van der Waals surface area contributed by atoms with Gasteiger partial charge in [0.2, 0.25) is 0 Å². The highest BCUT2D eigenvalue weighted by molar-refractivity contribution is 7.80. The second kappa shape index (κ2) is 5.89. The molecule has 2 atom stereocenters. The largest absolute Gasteiger partial charge is 0.396 e. The van der Waals surface area contributed by atoms with Crippen molar-refractivity contribution in [2.75, 3.05) is 6.61 Å². The highest BCUT2D eigenvalue weighted by Crippen LogP contribution is 2.54. The molecule has 5 heteroatoms. The molecule has 0 aromatic heterocycles. The van der Waals surface area contributed by atoms with Crippen molar-refractivity contribution in [2.24, 2.45) is 5.92 Å². The van der Waals surface area contributed by atoms with E-state index in [4.69, 9.17) is 12.2 Å². The summed E-state index contributed by atoms with van der Waals surface area (Å²) >= 11 is 5.36. The van der Waals surface area contributed by atoms with Crippen molar-refractivity contribution in [1.82, 2.24) is 10.6 Å². The fraction of sp³-hybridized carbons (Fsp3) is 0.562. The van der Waals surface area contributed by atoms with Crippen LogP contribution in [0.3, 0.4) is 0 Å². The molecule has 0 heterocycles. The van der Waals surface area contributed by atoms with Gasteiger partial charge in [-0.3, -0.25) is 0 Å². The number of rotatable bonds is 4. The Bertz CT molecular complexity index is 529. The van der Waals surface area contributed by atoms with Gasteiger partial charge in [-0.2, -0.15) is 0 Å². The second-order valence-corrected chi connectivity index (χ2v) is 7.10. The monoisotopic (exact) mass is 310 g/mol. The molecular weight excluding hydrogens is 287 g/mol. The average Bonchev–Trinajstić information content (AvgIpc) is 3.01. The third-order valence-corrected chi connectivity index (χ3v) is 3.97. The summed E-state index contributed by atoms with van der Waals surface area (Å²) in [5.41, 5.74) is -0.0211.